The minimum Gasteiger partial charge on any atom is -0.346 e. The summed E-state index contributed by atoms with van der Waals surface area (Å²) in [5.74, 6) is 2.57. The first-order valence-electron chi connectivity index (χ1n) is 8.40. The molecule has 2 aliphatic carbocycles. The molecule has 4 atom stereocenters. The van der Waals surface area contributed by atoms with E-state index in [1.807, 2.05) is 0 Å². The molecule has 0 aromatic heterocycles. The van der Waals surface area contributed by atoms with Gasteiger partial charge in [0.2, 0.25) is 0 Å². The molecule has 2 unspecified atom stereocenters. The number of thiocarbonyl (C=S) groups is 1. The third kappa shape index (κ3) is 2.92. The van der Waals surface area contributed by atoms with Gasteiger partial charge in [0.25, 0.3) is 5.69 Å². The highest BCUT2D eigenvalue weighted by atomic mass is 32.1. The average molecular weight is 331 g/mol. The lowest BCUT2D eigenvalue weighted by molar-refractivity contribution is -0.384. The molecule has 4 aliphatic rings. The molecule has 1 aromatic carbocycles. The van der Waals surface area contributed by atoms with Crippen molar-refractivity contribution in [3.63, 3.8) is 0 Å². The van der Waals surface area contributed by atoms with Crippen LogP contribution in [0.2, 0.25) is 0 Å². The highest BCUT2D eigenvalue weighted by Crippen LogP contribution is 2.47. The standard InChI is InChI=1S/C17H21N3O2S/c21-20(22)15-3-1-14(2-4-15)18-17(23)19-10-13-6-11-5-12(7-13)9-16(19)8-11/h1-4,11-13,16H,5-10H2,(H,18,23)/t11-,12+,13?,16?. The first-order valence-corrected chi connectivity index (χ1v) is 8.81. The predicted molar refractivity (Wildman–Crippen MR) is 93.4 cm³/mol. The van der Waals surface area contributed by atoms with Crippen LogP contribution < -0.4 is 5.32 Å². The number of anilines is 1. The van der Waals surface area contributed by atoms with Gasteiger partial charge in [-0.1, -0.05) is 0 Å². The molecule has 0 spiro atoms. The van der Waals surface area contributed by atoms with E-state index in [9.17, 15) is 10.1 Å². The number of fused-ring (bicyclic) bond motifs is 1. The molecule has 122 valence electrons. The average Bonchev–Trinajstić information content (AvgIpc) is 2.71. The molecule has 0 radical (unpaired) electrons. The number of hydrogen-bond acceptors (Lipinski definition) is 3. The van der Waals surface area contributed by atoms with Crippen LogP contribution in [0.15, 0.2) is 24.3 Å². The third-order valence-corrected chi connectivity index (χ3v) is 6.03. The van der Waals surface area contributed by atoms with Crippen LogP contribution in [0.5, 0.6) is 0 Å². The third-order valence-electron chi connectivity index (χ3n) is 5.70. The van der Waals surface area contributed by atoms with Crippen LogP contribution in [0, 0.1) is 27.9 Å². The second-order valence-electron chi connectivity index (χ2n) is 7.32. The Morgan fingerprint density at radius 3 is 2.30 bits per heavy atom. The van der Waals surface area contributed by atoms with Crippen molar-refractivity contribution in [3.05, 3.63) is 34.4 Å². The Labute approximate surface area is 141 Å². The molecule has 1 aromatic rings. The Hall–Kier alpha value is -1.69. The van der Waals surface area contributed by atoms with E-state index in [0.29, 0.717) is 6.04 Å². The lowest BCUT2D eigenvalue weighted by Gasteiger charge is -2.39. The molecule has 6 heteroatoms. The molecule has 5 rings (SSSR count). The number of non-ortho nitro benzene ring substituents is 1. The van der Waals surface area contributed by atoms with Crippen LogP contribution in [0.4, 0.5) is 11.4 Å². The number of benzene rings is 1. The summed E-state index contributed by atoms with van der Waals surface area (Å²) >= 11 is 5.66. The van der Waals surface area contributed by atoms with Gasteiger partial charge in [0.15, 0.2) is 5.11 Å². The smallest absolute Gasteiger partial charge is 0.269 e. The molecule has 0 amide bonds. The monoisotopic (exact) mass is 331 g/mol. The molecule has 2 saturated carbocycles. The Morgan fingerprint density at radius 2 is 1.70 bits per heavy atom. The minimum absolute atomic E-state index is 0.104. The minimum atomic E-state index is -0.383. The molecule has 23 heavy (non-hydrogen) atoms. The molecule has 2 heterocycles. The molecule has 2 aliphatic heterocycles. The van der Waals surface area contributed by atoms with Crippen molar-refractivity contribution in [2.75, 3.05) is 11.9 Å². The van der Waals surface area contributed by atoms with Crippen LogP contribution >= 0.6 is 12.2 Å². The number of rotatable bonds is 2. The quantitative estimate of drug-likeness (QED) is 0.507. The molecule has 5 nitrogen and oxygen atoms in total. The predicted octanol–water partition coefficient (Wildman–Crippen LogP) is 3.80. The van der Waals surface area contributed by atoms with Crippen molar-refractivity contribution < 1.29 is 4.92 Å². The van der Waals surface area contributed by atoms with E-state index < -0.39 is 0 Å². The summed E-state index contributed by atoms with van der Waals surface area (Å²) in [6.45, 7) is 1.07. The van der Waals surface area contributed by atoms with Crippen LogP contribution in [0.25, 0.3) is 0 Å². The van der Waals surface area contributed by atoms with Crippen molar-refractivity contribution in [3.8, 4) is 0 Å². The maximum Gasteiger partial charge on any atom is 0.269 e. The number of hydrogen-bond donors (Lipinski definition) is 1. The van der Waals surface area contributed by atoms with Gasteiger partial charge in [0.1, 0.15) is 0 Å². The topological polar surface area (TPSA) is 58.4 Å². The second kappa shape index (κ2) is 5.74. The normalized spacial score (nSPS) is 31.7. The maximum absolute atomic E-state index is 10.7. The maximum atomic E-state index is 10.7. The molecule has 4 bridgehead atoms. The fourth-order valence-electron chi connectivity index (χ4n) is 4.89. The first-order chi connectivity index (χ1) is 11.1. The summed E-state index contributed by atoms with van der Waals surface area (Å²) in [4.78, 5) is 12.7. The van der Waals surface area contributed by atoms with Crippen LogP contribution in [0.1, 0.15) is 32.1 Å². The van der Waals surface area contributed by atoms with Gasteiger partial charge >= 0.3 is 0 Å². The summed E-state index contributed by atoms with van der Waals surface area (Å²) in [5.41, 5.74) is 0.928. The molecular formula is C17H21N3O2S. The number of nitro benzene ring substituents is 1. The van der Waals surface area contributed by atoms with E-state index in [0.717, 1.165) is 35.1 Å². The molecule has 1 N–H and O–H groups in total. The van der Waals surface area contributed by atoms with Gasteiger partial charge in [-0.05, 0) is 74.2 Å². The fourth-order valence-corrected chi connectivity index (χ4v) is 5.24. The lowest BCUT2D eigenvalue weighted by Crippen LogP contribution is -2.44. The van der Waals surface area contributed by atoms with Gasteiger partial charge in [-0.3, -0.25) is 10.1 Å². The van der Waals surface area contributed by atoms with E-state index in [1.165, 1.54) is 44.2 Å². The summed E-state index contributed by atoms with van der Waals surface area (Å²) < 4.78 is 0. The second-order valence-corrected chi connectivity index (χ2v) is 7.70. The summed E-state index contributed by atoms with van der Waals surface area (Å²) in [6.07, 6.45) is 6.70. The molecular weight excluding hydrogens is 310 g/mol. The van der Waals surface area contributed by atoms with Crippen LogP contribution in [-0.2, 0) is 0 Å². The Morgan fingerprint density at radius 1 is 1.09 bits per heavy atom. The van der Waals surface area contributed by atoms with E-state index in [-0.39, 0.29) is 10.6 Å². The Balaban J connectivity index is 1.47. The van der Waals surface area contributed by atoms with Gasteiger partial charge in [-0.2, -0.15) is 0 Å². The van der Waals surface area contributed by atoms with E-state index in [2.05, 4.69) is 10.2 Å². The summed E-state index contributed by atoms with van der Waals surface area (Å²) in [7, 11) is 0. The van der Waals surface area contributed by atoms with Crippen molar-refractivity contribution in [2.24, 2.45) is 17.8 Å². The van der Waals surface area contributed by atoms with Crippen molar-refractivity contribution in [1.82, 2.24) is 4.90 Å². The van der Waals surface area contributed by atoms with E-state index in [1.54, 1.807) is 12.1 Å². The highest BCUT2D eigenvalue weighted by molar-refractivity contribution is 7.80. The zero-order chi connectivity index (χ0) is 16.0. The van der Waals surface area contributed by atoms with Crippen molar-refractivity contribution >= 4 is 28.7 Å². The van der Waals surface area contributed by atoms with Gasteiger partial charge in [-0.15, -0.1) is 0 Å². The zero-order valence-electron chi connectivity index (χ0n) is 13.0. The van der Waals surface area contributed by atoms with Gasteiger partial charge in [-0.25, -0.2) is 0 Å². The van der Waals surface area contributed by atoms with E-state index >= 15 is 0 Å². The van der Waals surface area contributed by atoms with Crippen LogP contribution in [-0.4, -0.2) is 27.5 Å². The SMILES string of the molecule is O=[N+]([O-])c1ccc(NC(=S)N2CC3C[C@@H]4CC2C[C@H](C3)C4)cc1. The zero-order valence-corrected chi connectivity index (χ0v) is 13.8. The van der Waals surface area contributed by atoms with Gasteiger partial charge in [0, 0.05) is 30.4 Å². The lowest BCUT2D eigenvalue weighted by atomic mass is 9.68. The molecule has 2 saturated heterocycles. The Kier molecular flexibility index (Phi) is 3.71. The van der Waals surface area contributed by atoms with Crippen molar-refractivity contribution in [1.29, 1.82) is 0 Å². The van der Waals surface area contributed by atoms with Gasteiger partial charge in [0.05, 0.1) is 4.92 Å². The number of nitrogens with zero attached hydrogens (tertiary/aromatic N) is 2. The van der Waals surface area contributed by atoms with E-state index in [4.69, 9.17) is 12.2 Å². The first kappa shape index (κ1) is 14.9. The Bertz CT molecular complexity index is 619. The highest BCUT2D eigenvalue weighted by Gasteiger charge is 2.43. The van der Waals surface area contributed by atoms with Crippen molar-refractivity contribution in [2.45, 2.75) is 38.1 Å². The molecule has 4 fully saturated rings. The fraction of sp³-hybridized carbons (Fsp3) is 0.588. The number of nitrogens with one attached hydrogen (secondary N) is 1. The summed E-state index contributed by atoms with van der Waals surface area (Å²) in [6, 6.07) is 7.06. The largest absolute Gasteiger partial charge is 0.346 e. The van der Waals surface area contributed by atoms with Crippen LogP contribution in [0.3, 0.4) is 0 Å². The summed E-state index contributed by atoms with van der Waals surface area (Å²) in [5, 5.41) is 14.8. The van der Waals surface area contributed by atoms with Gasteiger partial charge < -0.3 is 10.2 Å². The number of nitro groups is 1.